The Kier molecular flexibility index (Phi) is 6.98. The van der Waals surface area contributed by atoms with E-state index in [0.29, 0.717) is 6.61 Å². The third-order valence-corrected chi connectivity index (χ3v) is 13.3. The van der Waals surface area contributed by atoms with Gasteiger partial charge in [0, 0.05) is 18.7 Å². The fraction of sp³-hybridized carbons (Fsp3) is 0.406. The van der Waals surface area contributed by atoms with Gasteiger partial charge in [0.1, 0.15) is 11.8 Å². The number of hydrogen-bond acceptors (Lipinski definition) is 6. The first kappa shape index (κ1) is 27.0. The van der Waals surface area contributed by atoms with Crippen LogP contribution < -0.4 is 10.4 Å². The van der Waals surface area contributed by atoms with Crippen molar-refractivity contribution < 1.29 is 13.9 Å². The molecule has 0 unspecified atom stereocenters. The van der Waals surface area contributed by atoms with Crippen molar-refractivity contribution in [2.45, 2.75) is 70.1 Å². The maximum absolute atomic E-state index is 7.33. The second-order valence-electron chi connectivity index (χ2n) is 12.4. The van der Waals surface area contributed by atoms with Crippen LogP contribution in [0, 0.1) is 5.92 Å². The van der Waals surface area contributed by atoms with Crippen LogP contribution in [0.4, 0.5) is 0 Å². The van der Waals surface area contributed by atoms with Crippen LogP contribution in [-0.4, -0.2) is 52.9 Å². The van der Waals surface area contributed by atoms with Crippen LogP contribution in [-0.2, 0) is 13.9 Å². The number of aromatic nitrogens is 4. The molecule has 208 valence electrons. The van der Waals surface area contributed by atoms with Gasteiger partial charge in [-0.1, -0.05) is 92.7 Å². The van der Waals surface area contributed by atoms with Gasteiger partial charge in [-0.2, -0.15) is 0 Å². The van der Waals surface area contributed by atoms with Crippen LogP contribution in [0.1, 0.15) is 47.1 Å². The Bertz CT molecular complexity index is 1380. The van der Waals surface area contributed by atoms with E-state index in [4.69, 9.17) is 13.9 Å². The predicted octanol–water partition coefficient (Wildman–Crippen LogP) is 5.00. The van der Waals surface area contributed by atoms with Crippen LogP contribution in [0.3, 0.4) is 0 Å². The normalized spacial score (nSPS) is 24.2. The van der Waals surface area contributed by atoms with Gasteiger partial charge in [-0.05, 0) is 47.8 Å². The van der Waals surface area contributed by atoms with Gasteiger partial charge in [0.2, 0.25) is 0 Å². The quantitative estimate of drug-likeness (QED) is 0.300. The summed E-state index contributed by atoms with van der Waals surface area (Å²) in [6.45, 7) is 11.5. The Morgan fingerprint density at radius 1 is 0.875 bits per heavy atom. The van der Waals surface area contributed by atoms with E-state index >= 15 is 0 Å². The van der Waals surface area contributed by atoms with Gasteiger partial charge in [-0.15, -0.1) is 5.10 Å². The minimum atomic E-state index is -2.68. The fourth-order valence-electron chi connectivity index (χ4n) is 6.54. The molecule has 0 spiro atoms. The molecule has 4 atom stereocenters. The van der Waals surface area contributed by atoms with Gasteiger partial charge < -0.3 is 13.9 Å². The Morgan fingerprint density at radius 3 is 2.10 bits per heavy atom. The third-order valence-electron chi connectivity index (χ3n) is 8.26. The number of hydrogen-bond donors (Lipinski definition) is 0. The molecular formula is C32H38N4O3Si. The minimum absolute atomic E-state index is 0.00973. The molecule has 2 aliphatic rings. The second-order valence-corrected chi connectivity index (χ2v) is 16.7. The summed E-state index contributed by atoms with van der Waals surface area (Å²) in [5, 5.41) is 11.4. The smallest absolute Gasteiger partial charge is 0.261 e. The predicted molar refractivity (Wildman–Crippen MR) is 158 cm³/mol. The lowest BCUT2D eigenvalue weighted by molar-refractivity contribution is -0.161. The van der Waals surface area contributed by atoms with E-state index in [-0.39, 0.29) is 29.2 Å². The lowest BCUT2D eigenvalue weighted by Crippen LogP contribution is -2.67. The largest absolute Gasteiger partial charge is 0.407 e. The highest BCUT2D eigenvalue weighted by molar-refractivity contribution is 6.99. The maximum Gasteiger partial charge on any atom is 0.261 e. The van der Waals surface area contributed by atoms with Crippen molar-refractivity contribution in [2.24, 2.45) is 5.92 Å². The fourth-order valence-corrected chi connectivity index (χ4v) is 11.2. The summed E-state index contributed by atoms with van der Waals surface area (Å²) >= 11 is 0. The van der Waals surface area contributed by atoms with E-state index in [0.717, 1.165) is 17.8 Å². The molecule has 3 heterocycles. The van der Waals surface area contributed by atoms with E-state index < -0.39 is 14.1 Å². The number of nitrogens with zero attached hydrogens (tertiary/aromatic N) is 4. The lowest BCUT2D eigenvalue weighted by atomic mass is 10.1. The first-order valence-electron chi connectivity index (χ1n) is 14.1. The van der Waals surface area contributed by atoms with Gasteiger partial charge in [0.15, 0.2) is 5.79 Å². The number of fused-ring (bicyclic) bond motifs is 1. The molecule has 1 saturated heterocycles. The molecule has 1 aliphatic carbocycles. The molecule has 40 heavy (non-hydrogen) atoms. The maximum atomic E-state index is 7.33. The highest BCUT2D eigenvalue weighted by Crippen LogP contribution is 2.48. The molecule has 0 radical (unpaired) electrons. The van der Waals surface area contributed by atoms with Crippen molar-refractivity contribution in [3.63, 3.8) is 0 Å². The molecule has 0 N–H and O–H groups in total. The zero-order valence-electron chi connectivity index (χ0n) is 23.9. The molecule has 1 saturated carbocycles. The topological polar surface area (TPSA) is 71.3 Å². The van der Waals surface area contributed by atoms with Crippen molar-refractivity contribution in [3.8, 4) is 11.4 Å². The lowest BCUT2D eigenvalue weighted by Gasteiger charge is -2.43. The monoisotopic (exact) mass is 554 g/mol. The summed E-state index contributed by atoms with van der Waals surface area (Å²) in [6, 6.07) is 27.4. The van der Waals surface area contributed by atoms with E-state index in [1.54, 1.807) is 6.20 Å². The Morgan fingerprint density at radius 2 is 1.50 bits per heavy atom. The molecule has 6 rings (SSSR count). The summed E-state index contributed by atoms with van der Waals surface area (Å²) in [5.41, 5.74) is 1.56. The highest BCUT2D eigenvalue weighted by Gasteiger charge is 2.57. The highest BCUT2D eigenvalue weighted by atomic mass is 28.4. The summed E-state index contributed by atoms with van der Waals surface area (Å²) in [4.78, 5) is 4.44. The molecule has 7 nitrogen and oxygen atoms in total. The zero-order chi connectivity index (χ0) is 28.0. The molecule has 2 aromatic heterocycles. The van der Waals surface area contributed by atoms with Crippen LogP contribution in [0.5, 0.6) is 0 Å². The molecule has 2 fully saturated rings. The summed E-state index contributed by atoms with van der Waals surface area (Å²) in [5.74, 6) is -0.533. The molecular weight excluding hydrogens is 516 g/mol. The second kappa shape index (κ2) is 10.3. The number of pyridine rings is 1. The van der Waals surface area contributed by atoms with E-state index in [9.17, 15) is 0 Å². The number of benzene rings is 2. The summed E-state index contributed by atoms with van der Waals surface area (Å²) < 4.78 is 22.3. The molecule has 4 aromatic rings. The number of rotatable bonds is 7. The van der Waals surface area contributed by atoms with Gasteiger partial charge in [0.25, 0.3) is 8.32 Å². The van der Waals surface area contributed by atoms with Gasteiger partial charge in [0.05, 0.1) is 24.0 Å². The standard InChI is InChI=1S/C32H38N4O3Si/c1-31(2,3)40(24-14-8-6-9-15-24,25-16-10-7-11-17-25)37-22-23-20-28(30-29(23)38-32(4,5)39-30)36-21-27(34-35-36)26-18-12-13-19-33-26/h6-19,21,23,28-30H,20,22H2,1-5H3/t23-,28-,29-,30+/m1/s1. The Labute approximate surface area is 237 Å². The van der Waals surface area contributed by atoms with Crippen LogP contribution >= 0.6 is 0 Å². The van der Waals surface area contributed by atoms with Gasteiger partial charge in [-0.25, -0.2) is 4.68 Å². The number of ether oxygens (including phenoxy) is 2. The molecule has 8 heteroatoms. The summed E-state index contributed by atoms with van der Waals surface area (Å²) in [6.07, 6.45) is 4.34. The van der Waals surface area contributed by atoms with Crippen molar-refractivity contribution in [3.05, 3.63) is 91.3 Å². The first-order valence-corrected chi connectivity index (χ1v) is 16.0. The van der Waals surface area contributed by atoms with E-state index in [1.807, 2.05) is 42.9 Å². The van der Waals surface area contributed by atoms with Gasteiger partial charge in [-0.3, -0.25) is 4.98 Å². The SMILES string of the molecule is CC1(C)O[C@@H]2[C@@H](CO[Si](c3ccccc3)(c3ccccc3)C(C)(C)C)C[C@@H](n3cc(-c4ccccn4)nn3)[C@@H]2O1. The molecule has 0 amide bonds. The van der Waals surface area contributed by atoms with E-state index in [1.165, 1.54) is 10.4 Å². The van der Waals surface area contributed by atoms with Crippen molar-refractivity contribution in [1.29, 1.82) is 0 Å². The van der Waals surface area contributed by atoms with Crippen LogP contribution in [0.2, 0.25) is 5.04 Å². The average Bonchev–Trinajstić information content (AvgIpc) is 3.64. The van der Waals surface area contributed by atoms with E-state index in [2.05, 4.69) is 96.7 Å². The van der Waals surface area contributed by atoms with Gasteiger partial charge >= 0.3 is 0 Å². The Hall–Kier alpha value is -3.17. The molecule has 1 aliphatic heterocycles. The zero-order valence-corrected chi connectivity index (χ0v) is 24.9. The van der Waals surface area contributed by atoms with Crippen molar-refractivity contribution in [2.75, 3.05) is 6.61 Å². The first-order chi connectivity index (χ1) is 19.2. The molecule has 2 aromatic carbocycles. The van der Waals surface area contributed by atoms with Crippen LogP contribution in [0.15, 0.2) is 91.3 Å². The third kappa shape index (κ3) is 4.83. The van der Waals surface area contributed by atoms with Crippen molar-refractivity contribution in [1.82, 2.24) is 20.0 Å². The summed E-state index contributed by atoms with van der Waals surface area (Å²) in [7, 11) is -2.68. The van der Waals surface area contributed by atoms with Crippen molar-refractivity contribution >= 4 is 18.7 Å². The Balaban J connectivity index is 1.33. The van der Waals surface area contributed by atoms with Crippen LogP contribution in [0.25, 0.3) is 11.4 Å². The average molecular weight is 555 g/mol. The minimum Gasteiger partial charge on any atom is -0.407 e. The molecule has 0 bridgehead atoms.